The summed E-state index contributed by atoms with van der Waals surface area (Å²) in [6, 6.07) is 12.0. The molecule has 0 saturated heterocycles. The van der Waals surface area contributed by atoms with Crippen LogP contribution in [0.2, 0.25) is 0 Å². The highest BCUT2D eigenvalue weighted by atomic mass is 19.1. The highest BCUT2D eigenvalue weighted by molar-refractivity contribution is 5.91. The van der Waals surface area contributed by atoms with Crippen LogP contribution in [0.25, 0.3) is 5.69 Å². The second kappa shape index (κ2) is 7.87. The van der Waals surface area contributed by atoms with Crippen LogP contribution in [0, 0.1) is 5.82 Å². The third-order valence-corrected chi connectivity index (χ3v) is 4.07. The highest BCUT2D eigenvalue weighted by Crippen LogP contribution is 2.12. The van der Waals surface area contributed by atoms with Crippen molar-refractivity contribution in [3.05, 3.63) is 86.4 Å². The summed E-state index contributed by atoms with van der Waals surface area (Å²) >= 11 is 0. The number of benzene rings is 2. The van der Waals surface area contributed by atoms with Gasteiger partial charge < -0.3 is 10.1 Å². The number of ether oxygens (including phenoxy) is 1. The van der Waals surface area contributed by atoms with E-state index in [1.807, 2.05) is 0 Å². The molecule has 0 unspecified atom stereocenters. The normalized spacial score (nSPS) is 10.5. The molecular weight excluding hydrogens is 367 g/mol. The molecule has 0 atom stereocenters. The van der Waals surface area contributed by atoms with Gasteiger partial charge in [-0.1, -0.05) is 12.1 Å². The number of halogens is 1. The number of carbonyl (C=O) groups excluding carboxylic acids is 1. The van der Waals surface area contributed by atoms with Crippen LogP contribution in [-0.4, -0.2) is 27.4 Å². The van der Waals surface area contributed by atoms with Crippen LogP contribution in [0.1, 0.15) is 16.1 Å². The minimum absolute atomic E-state index is 0.0750. The van der Waals surface area contributed by atoms with Crippen LogP contribution in [0.4, 0.5) is 4.39 Å². The van der Waals surface area contributed by atoms with Crippen molar-refractivity contribution < 1.29 is 13.9 Å². The van der Waals surface area contributed by atoms with Crippen molar-refractivity contribution in [3.63, 3.8) is 0 Å². The predicted octanol–water partition coefficient (Wildman–Crippen LogP) is 1.01. The van der Waals surface area contributed by atoms with Gasteiger partial charge in [-0.2, -0.15) is 9.78 Å². The van der Waals surface area contributed by atoms with Crippen molar-refractivity contribution in [1.82, 2.24) is 19.7 Å². The summed E-state index contributed by atoms with van der Waals surface area (Å²) in [5, 5.41) is 6.49. The van der Waals surface area contributed by atoms with E-state index >= 15 is 0 Å². The molecule has 0 aliphatic carbocycles. The maximum atomic E-state index is 13.0. The molecular formula is C19H17FN4O4. The Morgan fingerprint density at radius 2 is 1.75 bits per heavy atom. The summed E-state index contributed by atoms with van der Waals surface area (Å²) in [7, 11) is 2.78. The van der Waals surface area contributed by atoms with Crippen molar-refractivity contribution in [2.45, 2.75) is 6.54 Å². The van der Waals surface area contributed by atoms with Crippen LogP contribution in [0.15, 0.2) is 58.1 Å². The van der Waals surface area contributed by atoms with Gasteiger partial charge in [-0.25, -0.2) is 9.18 Å². The van der Waals surface area contributed by atoms with Gasteiger partial charge in [0.1, 0.15) is 11.6 Å². The molecule has 8 nitrogen and oxygen atoms in total. The molecule has 0 radical (unpaired) electrons. The minimum atomic E-state index is -0.814. The van der Waals surface area contributed by atoms with Crippen LogP contribution >= 0.6 is 0 Å². The third-order valence-electron chi connectivity index (χ3n) is 4.07. The molecule has 0 saturated carbocycles. The average Bonchev–Trinajstić information content (AvgIpc) is 2.72. The molecule has 144 valence electrons. The third kappa shape index (κ3) is 3.83. The van der Waals surface area contributed by atoms with Crippen molar-refractivity contribution in [2.24, 2.45) is 7.05 Å². The fourth-order valence-corrected chi connectivity index (χ4v) is 2.48. The Morgan fingerprint density at radius 3 is 2.36 bits per heavy atom. The summed E-state index contributed by atoms with van der Waals surface area (Å²) in [5.41, 5.74) is -0.916. The van der Waals surface area contributed by atoms with E-state index < -0.39 is 28.7 Å². The van der Waals surface area contributed by atoms with Gasteiger partial charge in [0.15, 0.2) is 0 Å². The molecule has 0 fully saturated rings. The van der Waals surface area contributed by atoms with E-state index in [4.69, 9.17) is 4.74 Å². The summed E-state index contributed by atoms with van der Waals surface area (Å²) < 4.78 is 19.8. The number of nitrogens with one attached hydrogen (secondary N) is 1. The number of aromatic nitrogens is 3. The lowest BCUT2D eigenvalue weighted by molar-refractivity contribution is 0.0941. The Hall–Kier alpha value is -3.75. The molecule has 2 aromatic carbocycles. The first-order chi connectivity index (χ1) is 13.4. The van der Waals surface area contributed by atoms with Gasteiger partial charge in [0.25, 0.3) is 11.5 Å². The zero-order valence-corrected chi connectivity index (χ0v) is 15.2. The lowest BCUT2D eigenvalue weighted by Gasteiger charge is -2.10. The molecule has 3 rings (SSSR count). The summed E-state index contributed by atoms with van der Waals surface area (Å²) in [6.45, 7) is 0.0750. The van der Waals surface area contributed by atoms with E-state index in [0.29, 0.717) is 17.0 Å². The van der Waals surface area contributed by atoms with E-state index in [1.165, 1.54) is 38.4 Å². The predicted molar refractivity (Wildman–Crippen MR) is 99.2 cm³/mol. The van der Waals surface area contributed by atoms with E-state index in [-0.39, 0.29) is 6.54 Å². The van der Waals surface area contributed by atoms with Crippen molar-refractivity contribution in [1.29, 1.82) is 0 Å². The SMILES string of the molecule is COc1ccc(-n2nc(C(=O)NCc3ccc(F)cc3)c(=O)n(C)c2=O)cc1. The van der Waals surface area contributed by atoms with Gasteiger partial charge in [0.2, 0.25) is 5.69 Å². The Balaban J connectivity index is 1.92. The number of hydrogen-bond donors (Lipinski definition) is 1. The first kappa shape index (κ1) is 19.0. The molecule has 0 spiro atoms. The van der Waals surface area contributed by atoms with Crippen molar-refractivity contribution in [3.8, 4) is 11.4 Å². The minimum Gasteiger partial charge on any atom is -0.497 e. The molecule has 9 heteroatoms. The molecule has 1 heterocycles. The molecule has 0 aliphatic rings. The standard InChI is InChI=1S/C19H17FN4O4/c1-23-18(26)16(17(25)21-11-12-3-5-13(20)6-4-12)22-24(19(23)27)14-7-9-15(28-2)10-8-14/h3-10H,11H2,1-2H3,(H,21,25). The fourth-order valence-electron chi connectivity index (χ4n) is 2.48. The van der Waals surface area contributed by atoms with Crippen LogP contribution < -0.4 is 21.3 Å². The zero-order valence-electron chi connectivity index (χ0n) is 15.2. The number of nitrogens with zero attached hydrogens (tertiary/aromatic N) is 3. The first-order valence-corrected chi connectivity index (χ1v) is 8.28. The Bertz CT molecular complexity index is 1120. The monoisotopic (exact) mass is 384 g/mol. The van der Waals surface area contributed by atoms with Crippen LogP contribution in [0.5, 0.6) is 5.75 Å². The maximum absolute atomic E-state index is 13.0. The average molecular weight is 384 g/mol. The smallest absolute Gasteiger partial charge is 0.351 e. The topological polar surface area (TPSA) is 95.2 Å². The first-order valence-electron chi connectivity index (χ1n) is 8.28. The summed E-state index contributed by atoms with van der Waals surface area (Å²) in [6.07, 6.45) is 0. The van der Waals surface area contributed by atoms with E-state index in [0.717, 1.165) is 9.25 Å². The number of hydrogen-bond acceptors (Lipinski definition) is 5. The van der Waals surface area contributed by atoms with Gasteiger partial charge in [0.05, 0.1) is 12.8 Å². The van der Waals surface area contributed by atoms with Crippen LogP contribution in [0.3, 0.4) is 0 Å². The zero-order chi connectivity index (χ0) is 20.3. The van der Waals surface area contributed by atoms with Gasteiger partial charge >= 0.3 is 5.69 Å². The summed E-state index contributed by atoms with van der Waals surface area (Å²) in [5.74, 6) is -0.553. The Morgan fingerprint density at radius 1 is 1.11 bits per heavy atom. The molecule has 1 aromatic heterocycles. The Labute approximate surface area is 158 Å². The number of methoxy groups -OCH3 is 1. The quantitative estimate of drug-likeness (QED) is 0.708. The molecule has 3 aromatic rings. The van der Waals surface area contributed by atoms with Crippen LogP contribution in [-0.2, 0) is 13.6 Å². The highest BCUT2D eigenvalue weighted by Gasteiger charge is 2.18. The molecule has 0 bridgehead atoms. The Kier molecular flexibility index (Phi) is 5.35. The van der Waals surface area contributed by atoms with E-state index in [9.17, 15) is 18.8 Å². The van der Waals surface area contributed by atoms with E-state index in [2.05, 4.69) is 10.4 Å². The number of rotatable bonds is 5. The largest absolute Gasteiger partial charge is 0.497 e. The second-order valence-electron chi connectivity index (χ2n) is 5.91. The fraction of sp³-hybridized carbons (Fsp3) is 0.158. The number of carbonyl (C=O) groups is 1. The van der Waals surface area contributed by atoms with Gasteiger partial charge in [0, 0.05) is 13.6 Å². The molecule has 0 aliphatic heterocycles. The van der Waals surface area contributed by atoms with Gasteiger partial charge in [-0.3, -0.25) is 14.2 Å². The molecule has 28 heavy (non-hydrogen) atoms. The number of amides is 1. The van der Waals surface area contributed by atoms with E-state index in [1.54, 1.807) is 24.3 Å². The lowest BCUT2D eigenvalue weighted by atomic mass is 10.2. The maximum Gasteiger partial charge on any atom is 0.351 e. The second-order valence-corrected chi connectivity index (χ2v) is 5.91. The molecule has 1 N–H and O–H groups in total. The lowest BCUT2D eigenvalue weighted by Crippen LogP contribution is -2.44. The van der Waals surface area contributed by atoms with Crippen molar-refractivity contribution >= 4 is 5.91 Å². The van der Waals surface area contributed by atoms with Gasteiger partial charge in [-0.15, -0.1) is 0 Å². The molecule has 1 amide bonds. The summed E-state index contributed by atoms with van der Waals surface area (Å²) in [4.78, 5) is 37.2. The van der Waals surface area contributed by atoms with Gasteiger partial charge in [-0.05, 0) is 42.0 Å². The van der Waals surface area contributed by atoms with Crippen molar-refractivity contribution in [2.75, 3.05) is 7.11 Å².